The number of hydrogen-bond acceptors (Lipinski definition) is 7. The van der Waals surface area contributed by atoms with Gasteiger partial charge in [-0.05, 0) is 61.5 Å². The molecule has 8 nitrogen and oxygen atoms in total. The van der Waals surface area contributed by atoms with Crippen molar-refractivity contribution in [3.8, 4) is 11.5 Å². The summed E-state index contributed by atoms with van der Waals surface area (Å²) in [6, 6.07) is 8.24. The zero-order chi connectivity index (χ0) is 21.7. The Hall–Kier alpha value is -3.20. The minimum atomic E-state index is -1.13. The first-order valence-corrected chi connectivity index (χ1v) is 10.2. The number of amides is 1. The van der Waals surface area contributed by atoms with Crippen LogP contribution in [-0.2, 0) is 11.4 Å². The van der Waals surface area contributed by atoms with E-state index in [0.717, 1.165) is 5.56 Å². The summed E-state index contributed by atoms with van der Waals surface area (Å²) in [5.74, 6) is -0.00361. The number of hydrogen-bond donors (Lipinski definition) is 1. The highest BCUT2D eigenvalue weighted by molar-refractivity contribution is 8.18. The van der Waals surface area contributed by atoms with Gasteiger partial charge in [0.1, 0.15) is 12.4 Å². The number of carbonyl (C=O) groups excluding carboxylic acids is 1. The molecule has 1 aromatic carbocycles. The number of amidine groups is 1. The summed E-state index contributed by atoms with van der Waals surface area (Å²) in [5, 5.41) is 9.62. The Morgan fingerprint density at radius 1 is 1.27 bits per heavy atom. The van der Waals surface area contributed by atoms with Crippen LogP contribution in [0.2, 0.25) is 0 Å². The van der Waals surface area contributed by atoms with E-state index in [1.165, 1.54) is 24.9 Å². The zero-order valence-electron chi connectivity index (χ0n) is 16.9. The Kier molecular flexibility index (Phi) is 6.83. The fourth-order valence-corrected chi connectivity index (χ4v) is 3.91. The second kappa shape index (κ2) is 9.53. The number of benzene rings is 1. The smallest absolute Gasteiger partial charge is 0.371 e. The number of thioether (sulfide) groups is 1. The first-order valence-electron chi connectivity index (χ1n) is 9.35. The minimum Gasteiger partial charge on any atom is -0.493 e. The lowest BCUT2D eigenvalue weighted by Gasteiger charge is -2.11. The highest BCUT2D eigenvalue weighted by Crippen LogP contribution is 2.35. The molecule has 1 aliphatic rings. The molecule has 0 spiro atoms. The van der Waals surface area contributed by atoms with Crippen molar-refractivity contribution < 1.29 is 28.6 Å². The maximum absolute atomic E-state index is 12.6. The fraction of sp³-hybridized carbons (Fsp3) is 0.286. The molecule has 2 aromatic rings. The van der Waals surface area contributed by atoms with Gasteiger partial charge in [-0.1, -0.05) is 6.07 Å². The molecule has 1 saturated heterocycles. The van der Waals surface area contributed by atoms with E-state index in [2.05, 4.69) is 4.99 Å². The molecule has 30 heavy (non-hydrogen) atoms. The summed E-state index contributed by atoms with van der Waals surface area (Å²) in [5.41, 5.74) is 0.787. The standard InChI is InChI=1S/C21H22N2O6S/c1-4-22-21-23(5-2)19(24)18(30-21)11-13-6-8-15(17(10-13)27-3)28-12-14-7-9-16(29-14)20(25)26/h6-11H,4-5,12H2,1-3H3,(H,25,26)/b18-11-,22-21?. The molecule has 3 rings (SSSR count). The summed E-state index contributed by atoms with van der Waals surface area (Å²) < 4.78 is 16.3. The van der Waals surface area contributed by atoms with Crippen LogP contribution in [0.15, 0.2) is 44.6 Å². The normalized spacial score (nSPS) is 16.5. The van der Waals surface area contributed by atoms with E-state index in [4.69, 9.17) is 19.0 Å². The molecule has 0 bridgehead atoms. The lowest BCUT2D eigenvalue weighted by molar-refractivity contribution is -0.122. The molecule has 0 aliphatic carbocycles. The van der Waals surface area contributed by atoms with Crippen LogP contribution in [0.4, 0.5) is 0 Å². The van der Waals surface area contributed by atoms with Gasteiger partial charge < -0.3 is 19.0 Å². The van der Waals surface area contributed by atoms with Crippen LogP contribution in [0.1, 0.15) is 35.7 Å². The topological polar surface area (TPSA) is 102 Å². The van der Waals surface area contributed by atoms with Gasteiger partial charge in [0.2, 0.25) is 5.76 Å². The number of methoxy groups -OCH3 is 1. The second-order valence-electron chi connectivity index (χ2n) is 6.19. The van der Waals surface area contributed by atoms with Crippen molar-refractivity contribution in [3.05, 3.63) is 52.3 Å². The van der Waals surface area contributed by atoms with E-state index in [1.54, 1.807) is 29.2 Å². The fourth-order valence-electron chi connectivity index (χ4n) is 2.80. The molecule has 1 aliphatic heterocycles. The van der Waals surface area contributed by atoms with E-state index < -0.39 is 5.97 Å². The lowest BCUT2D eigenvalue weighted by atomic mass is 10.2. The van der Waals surface area contributed by atoms with Gasteiger partial charge in [0.15, 0.2) is 16.7 Å². The third kappa shape index (κ3) is 4.68. The highest BCUT2D eigenvalue weighted by atomic mass is 32.2. The number of likely N-dealkylation sites (N-methyl/N-ethyl adjacent to an activating group) is 1. The molecule has 2 heterocycles. The van der Waals surface area contributed by atoms with Gasteiger partial charge >= 0.3 is 5.97 Å². The molecule has 0 radical (unpaired) electrons. The van der Waals surface area contributed by atoms with Crippen molar-refractivity contribution in [2.24, 2.45) is 4.99 Å². The molecular weight excluding hydrogens is 408 g/mol. The second-order valence-corrected chi connectivity index (χ2v) is 7.20. The van der Waals surface area contributed by atoms with Crippen molar-refractivity contribution in [2.75, 3.05) is 20.2 Å². The van der Waals surface area contributed by atoms with Crippen molar-refractivity contribution in [1.82, 2.24) is 4.90 Å². The number of rotatable bonds is 8. The van der Waals surface area contributed by atoms with Crippen LogP contribution in [0.3, 0.4) is 0 Å². The number of aromatic carboxylic acids is 1. The van der Waals surface area contributed by atoms with Crippen LogP contribution in [0, 0.1) is 0 Å². The molecule has 1 fully saturated rings. The van der Waals surface area contributed by atoms with Gasteiger partial charge in [0.25, 0.3) is 5.91 Å². The number of furan rings is 1. The first kappa shape index (κ1) is 21.5. The predicted octanol–water partition coefficient (Wildman–Crippen LogP) is 3.88. The molecule has 9 heteroatoms. The van der Waals surface area contributed by atoms with Crippen LogP contribution in [-0.4, -0.2) is 47.2 Å². The molecule has 0 saturated carbocycles. The number of carboxylic acids is 1. The Labute approximate surface area is 178 Å². The molecule has 1 aromatic heterocycles. The zero-order valence-corrected chi connectivity index (χ0v) is 17.7. The van der Waals surface area contributed by atoms with Crippen LogP contribution in [0.25, 0.3) is 6.08 Å². The molecule has 1 amide bonds. The van der Waals surface area contributed by atoms with E-state index >= 15 is 0 Å². The Balaban J connectivity index is 1.76. The highest BCUT2D eigenvalue weighted by Gasteiger charge is 2.31. The van der Waals surface area contributed by atoms with Crippen molar-refractivity contribution >= 4 is 34.9 Å². The van der Waals surface area contributed by atoms with Gasteiger partial charge in [0.05, 0.1) is 12.0 Å². The summed E-state index contributed by atoms with van der Waals surface area (Å²) in [7, 11) is 1.52. The number of carboxylic acid groups (broad SMARTS) is 1. The average molecular weight is 430 g/mol. The van der Waals surface area contributed by atoms with Gasteiger partial charge in [-0.3, -0.25) is 14.7 Å². The van der Waals surface area contributed by atoms with Crippen LogP contribution >= 0.6 is 11.8 Å². The number of ether oxygens (including phenoxy) is 2. The lowest BCUT2D eigenvalue weighted by Crippen LogP contribution is -2.28. The van der Waals surface area contributed by atoms with Crippen LogP contribution < -0.4 is 9.47 Å². The van der Waals surface area contributed by atoms with E-state index in [-0.39, 0.29) is 18.3 Å². The number of carbonyl (C=O) groups is 2. The largest absolute Gasteiger partial charge is 0.493 e. The Morgan fingerprint density at radius 3 is 2.70 bits per heavy atom. The third-order valence-corrected chi connectivity index (χ3v) is 5.27. The van der Waals surface area contributed by atoms with Crippen molar-refractivity contribution in [1.29, 1.82) is 0 Å². The molecule has 0 unspecified atom stereocenters. The quantitative estimate of drug-likeness (QED) is 0.634. The SMILES string of the molecule is CCN=C1S/C(=C\c2ccc(OCc3ccc(C(=O)O)o3)c(OC)c2)C(=O)N1CC. The molecule has 158 valence electrons. The maximum Gasteiger partial charge on any atom is 0.371 e. The first-order chi connectivity index (χ1) is 14.5. The predicted molar refractivity (Wildman–Crippen MR) is 114 cm³/mol. The average Bonchev–Trinajstić information content (AvgIpc) is 3.32. The molecular formula is C21H22N2O6S. The summed E-state index contributed by atoms with van der Waals surface area (Å²) >= 11 is 1.36. The van der Waals surface area contributed by atoms with E-state index in [0.29, 0.717) is 40.4 Å². The molecule has 0 atom stereocenters. The van der Waals surface area contributed by atoms with E-state index in [1.807, 2.05) is 19.9 Å². The Morgan fingerprint density at radius 2 is 2.07 bits per heavy atom. The van der Waals surface area contributed by atoms with Crippen molar-refractivity contribution in [3.63, 3.8) is 0 Å². The van der Waals surface area contributed by atoms with E-state index in [9.17, 15) is 9.59 Å². The monoisotopic (exact) mass is 430 g/mol. The summed E-state index contributed by atoms with van der Waals surface area (Å²) in [6.07, 6.45) is 1.80. The number of aliphatic imine (C=N–C) groups is 1. The molecule has 1 N–H and O–H groups in total. The number of nitrogens with zero attached hydrogens (tertiary/aromatic N) is 2. The van der Waals surface area contributed by atoms with Gasteiger partial charge in [-0.2, -0.15) is 0 Å². The minimum absolute atomic E-state index is 0.0563. The van der Waals surface area contributed by atoms with Gasteiger partial charge in [-0.15, -0.1) is 0 Å². The van der Waals surface area contributed by atoms with Gasteiger partial charge in [0, 0.05) is 13.1 Å². The summed E-state index contributed by atoms with van der Waals surface area (Å²) in [6.45, 7) is 5.08. The van der Waals surface area contributed by atoms with Crippen LogP contribution in [0.5, 0.6) is 11.5 Å². The Bertz CT molecular complexity index is 1010. The third-order valence-electron chi connectivity index (χ3n) is 4.23. The maximum atomic E-state index is 12.6. The van der Waals surface area contributed by atoms with Crippen molar-refractivity contribution in [2.45, 2.75) is 20.5 Å². The summed E-state index contributed by atoms with van der Waals surface area (Å²) in [4.78, 5) is 30.1. The van der Waals surface area contributed by atoms with Gasteiger partial charge in [-0.25, -0.2) is 4.79 Å².